The quantitative estimate of drug-likeness (QED) is 0.205. The zero-order chi connectivity index (χ0) is 26.6. The second kappa shape index (κ2) is 11.3. The molecule has 2 aromatic heterocycles. The average Bonchev–Trinajstić information content (AvgIpc) is 3.55. The molecule has 5 nitrogen and oxygen atoms in total. The van der Waals surface area contributed by atoms with Crippen LogP contribution in [0.5, 0.6) is 10.8 Å². The molecular formula is C30H22Cl2N2O3S. The minimum absolute atomic E-state index is 0.246. The number of thiophene rings is 1. The van der Waals surface area contributed by atoms with Crippen LogP contribution in [0.2, 0.25) is 10.0 Å². The number of imidazole rings is 1. The Morgan fingerprint density at radius 3 is 2.32 bits per heavy atom. The zero-order valence-corrected chi connectivity index (χ0v) is 22.6. The molecule has 38 heavy (non-hydrogen) atoms. The molecule has 1 N–H and O–H groups in total. The van der Waals surface area contributed by atoms with Gasteiger partial charge >= 0.3 is 5.97 Å². The van der Waals surface area contributed by atoms with Gasteiger partial charge in [0.2, 0.25) is 0 Å². The van der Waals surface area contributed by atoms with Gasteiger partial charge in [0.1, 0.15) is 16.5 Å². The first-order valence-corrected chi connectivity index (χ1v) is 13.4. The number of halogens is 2. The van der Waals surface area contributed by atoms with Gasteiger partial charge in [-0.05, 0) is 72.2 Å². The summed E-state index contributed by atoms with van der Waals surface area (Å²) in [6.45, 7) is 2.86. The summed E-state index contributed by atoms with van der Waals surface area (Å²) in [7, 11) is 0. The van der Waals surface area contributed by atoms with E-state index >= 15 is 0 Å². The van der Waals surface area contributed by atoms with Crippen LogP contribution in [0.3, 0.4) is 0 Å². The minimum Gasteiger partial charge on any atom is -0.477 e. The smallest absolute Gasteiger partial charge is 0.345 e. The Balaban J connectivity index is 1.28. The highest BCUT2D eigenvalue weighted by Gasteiger charge is 2.11. The van der Waals surface area contributed by atoms with Crippen LogP contribution in [0.1, 0.15) is 28.0 Å². The van der Waals surface area contributed by atoms with Gasteiger partial charge in [-0.1, -0.05) is 77.0 Å². The molecule has 0 fully saturated rings. The number of carbonyl (C=O) groups is 1. The molecule has 5 aromatic rings. The highest BCUT2D eigenvalue weighted by Crippen LogP contribution is 2.32. The summed E-state index contributed by atoms with van der Waals surface area (Å²) < 4.78 is 7.86. The number of ether oxygens (including phenoxy) is 1. The molecule has 0 aliphatic carbocycles. The fourth-order valence-electron chi connectivity index (χ4n) is 3.92. The van der Waals surface area contributed by atoms with Crippen LogP contribution in [0, 0.1) is 0 Å². The van der Waals surface area contributed by atoms with Crippen molar-refractivity contribution in [3.8, 4) is 33.2 Å². The lowest BCUT2D eigenvalue weighted by Gasteiger charge is -2.06. The van der Waals surface area contributed by atoms with Crippen molar-refractivity contribution in [3.63, 3.8) is 0 Å². The summed E-state index contributed by atoms with van der Waals surface area (Å²) in [5, 5.41) is 10.8. The summed E-state index contributed by atoms with van der Waals surface area (Å²) in [4.78, 5) is 16.1. The molecule has 0 saturated heterocycles. The highest BCUT2D eigenvalue weighted by atomic mass is 35.5. The van der Waals surface area contributed by atoms with Crippen molar-refractivity contribution in [1.29, 1.82) is 0 Å². The number of rotatable bonds is 8. The van der Waals surface area contributed by atoms with E-state index in [9.17, 15) is 4.79 Å². The van der Waals surface area contributed by atoms with Crippen molar-refractivity contribution >= 4 is 52.7 Å². The van der Waals surface area contributed by atoms with E-state index in [-0.39, 0.29) is 4.88 Å². The Labute approximate surface area is 234 Å². The molecule has 8 heteroatoms. The molecule has 0 aliphatic rings. The molecule has 2 heterocycles. The average molecular weight is 561 g/mol. The van der Waals surface area contributed by atoms with E-state index in [2.05, 4.69) is 35.8 Å². The Morgan fingerprint density at radius 2 is 1.68 bits per heavy atom. The van der Waals surface area contributed by atoms with Gasteiger partial charge in [-0.3, -0.25) is 0 Å². The number of hydrogen-bond acceptors (Lipinski definition) is 4. The van der Waals surface area contributed by atoms with Crippen LogP contribution < -0.4 is 4.74 Å². The van der Waals surface area contributed by atoms with Crippen LogP contribution in [-0.2, 0) is 6.54 Å². The lowest BCUT2D eigenvalue weighted by Crippen LogP contribution is -1.94. The summed E-state index contributed by atoms with van der Waals surface area (Å²) in [5.41, 5.74) is 4.83. The molecule has 0 aliphatic heterocycles. The maximum Gasteiger partial charge on any atom is 0.345 e. The lowest BCUT2D eigenvalue weighted by atomic mass is 10.0. The Bertz CT molecular complexity index is 1620. The van der Waals surface area contributed by atoms with Gasteiger partial charge in [0.25, 0.3) is 0 Å². The molecule has 0 radical (unpaired) electrons. The number of aryl methyl sites for hydroxylation is 1. The molecule has 0 spiro atoms. The van der Waals surface area contributed by atoms with Gasteiger partial charge in [0, 0.05) is 23.3 Å². The van der Waals surface area contributed by atoms with E-state index in [1.54, 1.807) is 12.1 Å². The van der Waals surface area contributed by atoms with Gasteiger partial charge in [-0.2, -0.15) is 0 Å². The number of carboxylic acid groups (broad SMARTS) is 1. The largest absolute Gasteiger partial charge is 0.477 e. The van der Waals surface area contributed by atoms with Crippen LogP contribution in [0.15, 0.2) is 85.1 Å². The molecule has 190 valence electrons. The third kappa shape index (κ3) is 5.83. The number of benzene rings is 3. The third-order valence-corrected chi connectivity index (χ3v) is 7.39. The van der Waals surface area contributed by atoms with E-state index in [1.807, 2.05) is 54.7 Å². The van der Waals surface area contributed by atoms with Crippen molar-refractivity contribution in [2.75, 3.05) is 0 Å². The molecule has 0 amide bonds. The zero-order valence-electron chi connectivity index (χ0n) is 20.3. The molecule has 3 aromatic carbocycles. The summed E-state index contributed by atoms with van der Waals surface area (Å²) in [6, 6.07) is 24.6. The number of hydrogen-bond donors (Lipinski definition) is 1. The molecule has 0 bridgehead atoms. The Kier molecular flexibility index (Phi) is 7.65. The van der Waals surface area contributed by atoms with Crippen molar-refractivity contribution in [1.82, 2.24) is 9.55 Å². The summed E-state index contributed by atoms with van der Waals surface area (Å²) >= 11 is 13.5. The standard InChI is InChI=1S/C30H22Cl2N2O3S/c1-2-34-18-26(24-13-10-22(31)17-25(24)32)33-28(34)15-5-19-3-6-20(7-4-19)21-8-11-23(12-9-21)37-29-16-14-27(38-29)30(35)36/h3-18H,2H2,1H3,(H,35,36). The van der Waals surface area contributed by atoms with Gasteiger partial charge in [-0.15, -0.1) is 0 Å². The van der Waals surface area contributed by atoms with Crippen molar-refractivity contribution in [3.05, 3.63) is 111 Å². The van der Waals surface area contributed by atoms with Crippen LogP contribution in [0.25, 0.3) is 34.5 Å². The van der Waals surface area contributed by atoms with Crippen molar-refractivity contribution < 1.29 is 14.6 Å². The molecule has 0 saturated carbocycles. The van der Waals surface area contributed by atoms with E-state index < -0.39 is 5.97 Å². The molecule has 5 rings (SSSR count). The van der Waals surface area contributed by atoms with Crippen molar-refractivity contribution in [2.24, 2.45) is 0 Å². The van der Waals surface area contributed by atoms with Gasteiger partial charge in [-0.25, -0.2) is 9.78 Å². The van der Waals surface area contributed by atoms with Gasteiger partial charge < -0.3 is 14.4 Å². The maximum absolute atomic E-state index is 11.0. The van der Waals surface area contributed by atoms with Gasteiger partial charge in [0.05, 0.1) is 10.7 Å². The fourth-order valence-corrected chi connectivity index (χ4v) is 5.14. The first kappa shape index (κ1) is 25.8. The monoisotopic (exact) mass is 560 g/mol. The third-order valence-electron chi connectivity index (χ3n) is 5.89. The molecular weight excluding hydrogens is 539 g/mol. The van der Waals surface area contributed by atoms with Crippen LogP contribution in [-0.4, -0.2) is 20.6 Å². The topological polar surface area (TPSA) is 64.4 Å². The first-order valence-electron chi connectivity index (χ1n) is 11.8. The predicted molar refractivity (Wildman–Crippen MR) is 156 cm³/mol. The first-order chi connectivity index (χ1) is 18.4. The van der Waals surface area contributed by atoms with E-state index in [0.29, 0.717) is 20.9 Å². The normalized spacial score (nSPS) is 11.2. The van der Waals surface area contributed by atoms with E-state index in [1.165, 1.54) is 6.07 Å². The summed E-state index contributed by atoms with van der Waals surface area (Å²) in [6.07, 6.45) is 6.03. The van der Waals surface area contributed by atoms with Crippen LogP contribution in [0.4, 0.5) is 0 Å². The minimum atomic E-state index is -0.957. The number of aromatic carboxylic acids is 1. The van der Waals surface area contributed by atoms with Crippen LogP contribution >= 0.6 is 34.5 Å². The molecule has 0 unspecified atom stereocenters. The second-order valence-electron chi connectivity index (χ2n) is 8.40. The Morgan fingerprint density at radius 1 is 0.974 bits per heavy atom. The molecule has 0 atom stereocenters. The number of carboxylic acids is 1. The van der Waals surface area contributed by atoms with Gasteiger partial charge in [0.15, 0.2) is 5.06 Å². The van der Waals surface area contributed by atoms with E-state index in [0.717, 1.165) is 51.7 Å². The highest BCUT2D eigenvalue weighted by molar-refractivity contribution is 7.15. The van der Waals surface area contributed by atoms with Crippen molar-refractivity contribution in [2.45, 2.75) is 13.5 Å². The summed E-state index contributed by atoms with van der Waals surface area (Å²) in [5.74, 6) is 0.536. The van der Waals surface area contributed by atoms with E-state index in [4.69, 9.17) is 38.0 Å². The predicted octanol–water partition coefficient (Wildman–Crippen LogP) is 9.27. The Hall–Kier alpha value is -3.84. The number of aromatic nitrogens is 2. The number of nitrogens with zero attached hydrogens (tertiary/aromatic N) is 2. The lowest BCUT2D eigenvalue weighted by molar-refractivity contribution is 0.0702. The fraction of sp³-hybridized carbons (Fsp3) is 0.0667. The second-order valence-corrected chi connectivity index (χ2v) is 10.3. The maximum atomic E-state index is 11.0. The SMILES string of the molecule is CCn1cc(-c2ccc(Cl)cc2Cl)nc1C=Cc1ccc(-c2ccc(Oc3ccc(C(=O)O)s3)cc2)cc1.